The average Bonchev–Trinajstić information content (AvgIpc) is 2.80. The van der Waals surface area contributed by atoms with Crippen molar-refractivity contribution in [1.29, 1.82) is 0 Å². The minimum absolute atomic E-state index is 0.0974. The van der Waals surface area contributed by atoms with Crippen LogP contribution in [0, 0.1) is 0 Å². The third kappa shape index (κ3) is 2.14. The van der Waals surface area contributed by atoms with Gasteiger partial charge in [-0.2, -0.15) is 0 Å². The minimum atomic E-state index is -0.246. The number of likely N-dealkylation sites (N-methyl/N-ethyl adjacent to an activating group) is 1. The monoisotopic (exact) mass is 221 g/mol. The van der Waals surface area contributed by atoms with Gasteiger partial charge in [0.2, 0.25) is 5.56 Å². The van der Waals surface area contributed by atoms with Gasteiger partial charge in [-0.15, -0.1) is 0 Å². The molecule has 0 aromatic carbocycles. The molecule has 1 aliphatic heterocycles. The van der Waals surface area contributed by atoms with Crippen LogP contribution in [0.15, 0.2) is 23.1 Å². The van der Waals surface area contributed by atoms with E-state index in [1.54, 1.807) is 18.0 Å². The molecule has 0 saturated carbocycles. The molecular weight excluding hydrogens is 206 g/mol. The highest BCUT2D eigenvalue weighted by Gasteiger charge is 2.23. The lowest BCUT2D eigenvalue weighted by Gasteiger charge is -2.23. The summed E-state index contributed by atoms with van der Waals surface area (Å²) < 4.78 is 0. The number of hydrogen-bond donors (Lipinski definition) is 2. The van der Waals surface area contributed by atoms with Crippen LogP contribution in [0.1, 0.15) is 16.8 Å². The van der Waals surface area contributed by atoms with Gasteiger partial charge in [-0.3, -0.25) is 9.59 Å². The lowest BCUT2D eigenvalue weighted by molar-refractivity contribution is 0.0743. The molecular formula is C11H15N3O2. The largest absolute Gasteiger partial charge is 0.337 e. The second kappa shape index (κ2) is 4.49. The van der Waals surface area contributed by atoms with Crippen LogP contribution in [-0.2, 0) is 0 Å². The van der Waals surface area contributed by atoms with Gasteiger partial charge in [0.05, 0.1) is 0 Å². The zero-order valence-electron chi connectivity index (χ0n) is 9.19. The molecule has 1 saturated heterocycles. The Morgan fingerprint density at radius 3 is 3.00 bits per heavy atom. The Kier molecular flexibility index (Phi) is 3.05. The number of rotatable bonds is 2. The number of aromatic amines is 1. The van der Waals surface area contributed by atoms with Crippen molar-refractivity contribution in [1.82, 2.24) is 15.2 Å². The van der Waals surface area contributed by atoms with E-state index >= 15 is 0 Å². The molecule has 2 N–H and O–H groups in total. The van der Waals surface area contributed by atoms with E-state index in [2.05, 4.69) is 10.3 Å². The van der Waals surface area contributed by atoms with Gasteiger partial charge in [-0.05, 0) is 19.0 Å². The number of hydrogen-bond acceptors (Lipinski definition) is 3. The molecule has 2 heterocycles. The van der Waals surface area contributed by atoms with E-state index in [-0.39, 0.29) is 17.5 Å². The van der Waals surface area contributed by atoms with Crippen molar-refractivity contribution in [2.24, 2.45) is 0 Å². The van der Waals surface area contributed by atoms with Gasteiger partial charge in [0.25, 0.3) is 5.91 Å². The first-order valence-electron chi connectivity index (χ1n) is 5.35. The summed E-state index contributed by atoms with van der Waals surface area (Å²) in [5, 5.41) is 3.21. The quantitative estimate of drug-likeness (QED) is 0.727. The Hall–Kier alpha value is -1.62. The molecule has 0 spiro atoms. The topological polar surface area (TPSA) is 65.2 Å². The van der Waals surface area contributed by atoms with Crippen molar-refractivity contribution in [3.63, 3.8) is 0 Å². The lowest BCUT2D eigenvalue weighted by atomic mass is 10.2. The Morgan fingerprint density at radius 1 is 1.56 bits per heavy atom. The molecule has 1 aromatic heterocycles. The van der Waals surface area contributed by atoms with Crippen LogP contribution in [0.25, 0.3) is 0 Å². The van der Waals surface area contributed by atoms with Crippen molar-refractivity contribution in [3.05, 3.63) is 34.2 Å². The average molecular weight is 221 g/mol. The van der Waals surface area contributed by atoms with Gasteiger partial charge in [-0.1, -0.05) is 0 Å². The standard InChI is InChI=1S/C11H15N3O2/c1-14(9-3-4-12-7-9)11(16)8-2-5-13-10(15)6-8/h2,5-6,9,12H,3-4,7H2,1H3,(H,13,15). The molecule has 86 valence electrons. The zero-order chi connectivity index (χ0) is 11.5. The number of nitrogens with one attached hydrogen (secondary N) is 2. The van der Waals surface area contributed by atoms with Crippen LogP contribution in [0.3, 0.4) is 0 Å². The predicted molar refractivity (Wildman–Crippen MR) is 60.4 cm³/mol. The third-order valence-corrected chi connectivity index (χ3v) is 2.92. The van der Waals surface area contributed by atoms with E-state index in [0.717, 1.165) is 19.5 Å². The maximum atomic E-state index is 12.0. The summed E-state index contributed by atoms with van der Waals surface area (Å²) in [5.74, 6) is -0.0974. The molecule has 5 nitrogen and oxygen atoms in total. The summed E-state index contributed by atoms with van der Waals surface area (Å²) in [4.78, 5) is 27.3. The Labute approximate surface area is 93.5 Å². The summed E-state index contributed by atoms with van der Waals surface area (Å²) in [6.45, 7) is 1.77. The third-order valence-electron chi connectivity index (χ3n) is 2.92. The van der Waals surface area contributed by atoms with Crippen LogP contribution in [0.4, 0.5) is 0 Å². The Bertz CT molecular complexity index is 435. The molecule has 0 bridgehead atoms. The molecule has 16 heavy (non-hydrogen) atoms. The molecule has 2 rings (SSSR count). The van der Waals surface area contributed by atoms with Crippen LogP contribution >= 0.6 is 0 Å². The summed E-state index contributed by atoms with van der Waals surface area (Å²) in [7, 11) is 1.78. The van der Waals surface area contributed by atoms with Crippen LogP contribution < -0.4 is 10.9 Å². The highest BCUT2D eigenvalue weighted by atomic mass is 16.2. The number of H-pyrrole nitrogens is 1. The number of pyridine rings is 1. The van der Waals surface area contributed by atoms with Crippen LogP contribution in [0.5, 0.6) is 0 Å². The first-order valence-corrected chi connectivity index (χ1v) is 5.35. The molecule has 1 atom stereocenters. The molecule has 1 unspecified atom stereocenters. The van der Waals surface area contributed by atoms with Crippen molar-refractivity contribution >= 4 is 5.91 Å². The molecule has 1 aromatic rings. The molecule has 5 heteroatoms. The van der Waals surface area contributed by atoms with Crippen molar-refractivity contribution in [3.8, 4) is 0 Å². The van der Waals surface area contributed by atoms with Crippen LogP contribution in [0.2, 0.25) is 0 Å². The summed E-state index contributed by atoms with van der Waals surface area (Å²) in [5.41, 5.74) is 0.196. The summed E-state index contributed by atoms with van der Waals surface area (Å²) >= 11 is 0. The minimum Gasteiger partial charge on any atom is -0.337 e. The molecule has 0 aliphatic carbocycles. The van der Waals surface area contributed by atoms with Crippen LogP contribution in [-0.4, -0.2) is 42.0 Å². The van der Waals surface area contributed by atoms with E-state index in [4.69, 9.17) is 0 Å². The number of nitrogens with zero attached hydrogens (tertiary/aromatic N) is 1. The van der Waals surface area contributed by atoms with E-state index in [9.17, 15) is 9.59 Å². The van der Waals surface area contributed by atoms with Crippen molar-refractivity contribution in [2.75, 3.05) is 20.1 Å². The predicted octanol–water partition coefficient (Wildman–Crippen LogP) is -0.191. The highest BCUT2D eigenvalue weighted by Crippen LogP contribution is 2.09. The zero-order valence-corrected chi connectivity index (χ0v) is 9.19. The lowest BCUT2D eigenvalue weighted by Crippen LogP contribution is -2.38. The normalized spacial score (nSPS) is 19.7. The van der Waals surface area contributed by atoms with E-state index in [0.29, 0.717) is 5.56 Å². The summed E-state index contributed by atoms with van der Waals surface area (Å²) in [6, 6.07) is 3.19. The van der Waals surface area contributed by atoms with E-state index in [1.165, 1.54) is 12.3 Å². The van der Waals surface area contributed by atoms with Gasteiger partial charge in [0.1, 0.15) is 0 Å². The number of amides is 1. The Morgan fingerprint density at radius 2 is 2.38 bits per heavy atom. The number of aromatic nitrogens is 1. The SMILES string of the molecule is CN(C(=O)c1cc[nH]c(=O)c1)C1CCNC1. The first-order chi connectivity index (χ1) is 7.68. The van der Waals surface area contributed by atoms with Gasteiger partial charge < -0.3 is 15.2 Å². The highest BCUT2D eigenvalue weighted by molar-refractivity contribution is 5.94. The second-order valence-corrected chi connectivity index (χ2v) is 4.00. The molecule has 1 amide bonds. The number of carbonyl (C=O) groups is 1. The summed E-state index contributed by atoms with van der Waals surface area (Å²) in [6.07, 6.45) is 2.46. The maximum Gasteiger partial charge on any atom is 0.254 e. The smallest absolute Gasteiger partial charge is 0.254 e. The fraction of sp³-hybridized carbons (Fsp3) is 0.455. The van der Waals surface area contributed by atoms with Gasteiger partial charge in [-0.25, -0.2) is 0 Å². The maximum absolute atomic E-state index is 12.0. The Balaban J connectivity index is 2.15. The van der Waals surface area contributed by atoms with E-state index < -0.39 is 0 Å². The molecule has 1 aliphatic rings. The number of carbonyl (C=O) groups excluding carboxylic acids is 1. The van der Waals surface area contributed by atoms with E-state index in [1.807, 2.05) is 0 Å². The van der Waals surface area contributed by atoms with Gasteiger partial charge >= 0.3 is 0 Å². The van der Waals surface area contributed by atoms with Gasteiger partial charge in [0, 0.05) is 37.5 Å². The van der Waals surface area contributed by atoms with Gasteiger partial charge in [0.15, 0.2) is 0 Å². The second-order valence-electron chi connectivity index (χ2n) is 4.00. The van der Waals surface area contributed by atoms with Crippen molar-refractivity contribution in [2.45, 2.75) is 12.5 Å². The fourth-order valence-electron chi connectivity index (χ4n) is 1.92. The molecule has 0 radical (unpaired) electrons. The molecule has 1 fully saturated rings. The van der Waals surface area contributed by atoms with Crippen molar-refractivity contribution < 1.29 is 4.79 Å². The first kappa shape index (κ1) is 10.9. The fourth-order valence-corrected chi connectivity index (χ4v) is 1.92.